The van der Waals surface area contributed by atoms with Gasteiger partial charge in [0.2, 0.25) is 0 Å². The third kappa shape index (κ3) is 2.86. The second-order valence-electron chi connectivity index (χ2n) is 6.23. The van der Waals surface area contributed by atoms with E-state index in [0.717, 1.165) is 6.07 Å². The van der Waals surface area contributed by atoms with E-state index in [0.29, 0.717) is 12.8 Å². The summed E-state index contributed by atoms with van der Waals surface area (Å²) in [6, 6.07) is 3.32. The van der Waals surface area contributed by atoms with E-state index in [1.807, 2.05) is 0 Å². The van der Waals surface area contributed by atoms with Gasteiger partial charge in [-0.1, -0.05) is 6.07 Å². The number of hydrazone groups is 1. The Kier molecular flexibility index (Phi) is 3.82. The smallest absolute Gasteiger partial charge is 0.362 e. The summed E-state index contributed by atoms with van der Waals surface area (Å²) in [5.41, 5.74) is -3.81. The fraction of sp³-hybridized carbons (Fsp3) is 0.467. The van der Waals surface area contributed by atoms with Crippen LogP contribution in [-0.2, 0) is 0 Å². The van der Waals surface area contributed by atoms with E-state index in [1.165, 1.54) is 19.1 Å². The molecule has 7 nitrogen and oxygen atoms in total. The van der Waals surface area contributed by atoms with E-state index < -0.39 is 34.8 Å². The van der Waals surface area contributed by atoms with E-state index >= 15 is 0 Å². The molecular formula is C15H14F3N3O4. The van der Waals surface area contributed by atoms with Gasteiger partial charge in [-0.3, -0.25) is 14.9 Å². The molecule has 1 amide bonds. The summed E-state index contributed by atoms with van der Waals surface area (Å²) in [5, 5.41) is 24.8. The third-order valence-corrected chi connectivity index (χ3v) is 4.35. The lowest BCUT2D eigenvalue weighted by molar-refractivity contribution is -0.385. The summed E-state index contributed by atoms with van der Waals surface area (Å²) in [7, 11) is 0. The maximum atomic E-state index is 13.4. The van der Waals surface area contributed by atoms with Crippen molar-refractivity contribution in [2.45, 2.75) is 38.1 Å². The number of rotatable bonds is 3. The van der Waals surface area contributed by atoms with Crippen molar-refractivity contribution in [3.63, 3.8) is 0 Å². The monoisotopic (exact) mass is 357 g/mol. The average molecular weight is 357 g/mol. The molecule has 1 aliphatic carbocycles. The Balaban J connectivity index is 2.01. The molecule has 1 atom stereocenters. The van der Waals surface area contributed by atoms with Crippen molar-refractivity contribution in [2.75, 3.05) is 0 Å². The molecule has 0 bridgehead atoms. The summed E-state index contributed by atoms with van der Waals surface area (Å²) in [6.45, 7) is 1.44. The van der Waals surface area contributed by atoms with Gasteiger partial charge < -0.3 is 5.11 Å². The first-order valence-electron chi connectivity index (χ1n) is 7.50. The van der Waals surface area contributed by atoms with E-state index in [1.54, 1.807) is 0 Å². The number of aryl methyl sites for hydroxylation is 1. The van der Waals surface area contributed by atoms with Crippen LogP contribution in [0.25, 0.3) is 0 Å². The fourth-order valence-corrected chi connectivity index (χ4v) is 2.71. The summed E-state index contributed by atoms with van der Waals surface area (Å²) >= 11 is 0. The Morgan fingerprint density at radius 1 is 1.44 bits per heavy atom. The maximum Gasteiger partial charge on any atom is 0.438 e. The number of carbonyl (C=O) groups excluding carboxylic acids is 1. The lowest BCUT2D eigenvalue weighted by Gasteiger charge is -2.32. The number of carbonyl (C=O) groups is 1. The van der Waals surface area contributed by atoms with Crippen LogP contribution in [-0.4, -0.2) is 38.6 Å². The minimum Gasteiger partial charge on any atom is -0.362 e. The molecule has 25 heavy (non-hydrogen) atoms. The van der Waals surface area contributed by atoms with Gasteiger partial charge in [-0.25, -0.2) is 0 Å². The van der Waals surface area contributed by atoms with Gasteiger partial charge in [0.05, 0.1) is 4.92 Å². The number of halogens is 3. The van der Waals surface area contributed by atoms with Gasteiger partial charge in [0, 0.05) is 29.3 Å². The zero-order valence-electron chi connectivity index (χ0n) is 13.1. The number of amides is 1. The first kappa shape index (κ1) is 17.3. The van der Waals surface area contributed by atoms with Crippen molar-refractivity contribution in [3.8, 4) is 0 Å². The number of hydrogen-bond acceptors (Lipinski definition) is 5. The molecule has 2 aliphatic rings. The minimum absolute atomic E-state index is 0.00897. The van der Waals surface area contributed by atoms with Crippen LogP contribution in [0.4, 0.5) is 18.9 Å². The van der Waals surface area contributed by atoms with Crippen LogP contribution in [0.15, 0.2) is 23.3 Å². The first-order valence-corrected chi connectivity index (χ1v) is 7.50. The van der Waals surface area contributed by atoms with Crippen LogP contribution < -0.4 is 0 Å². The summed E-state index contributed by atoms with van der Waals surface area (Å²) in [6.07, 6.45) is -4.60. The van der Waals surface area contributed by atoms with Crippen molar-refractivity contribution in [3.05, 3.63) is 39.4 Å². The third-order valence-electron chi connectivity index (χ3n) is 4.35. The second kappa shape index (κ2) is 5.51. The molecule has 1 aromatic carbocycles. The number of alkyl halides is 3. The topological polar surface area (TPSA) is 96.0 Å². The van der Waals surface area contributed by atoms with Crippen LogP contribution >= 0.6 is 0 Å². The van der Waals surface area contributed by atoms with Gasteiger partial charge >= 0.3 is 6.18 Å². The molecular weight excluding hydrogens is 343 g/mol. The van der Waals surface area contributed by atoms with E-state index in [-0.39, 0.29) is 27.8 Å². The van der Waals surface area contributed by atoms with E-state index in [9.17, 15) is 33.2 Å². The molecule has 0 spiro atoms. The lowest BCUT2D eigenvalue weighted by Crippen LogP contribution is -2.56. The van der Waals surface area contributed by atoms with Crippen LogP contribution in [0, 0.1) is 23.0 Å². The van der Waals surface area contributed by atoms with Gasteiger partial charge in [0.25, 0.3) is 17.3 Å². The zero-order valence-corrected chi connectivity index (χ0v) is 13.1. The molecule has 1 aromatic rings. The number of hydrogen-bond donors (Lipinski definition) is 1. The summed E-state index contributed by atoms with van der Waals surface area (Å²) in [5.74, 6) is -1.40. The summed E-state index contributed by atoms with van der Waals surface area (Å²) in [4.78, 5) is 22.8. The largest absolute Gasteiger partial charge is 0.438 e. The molecule has 134 valence electrons. The van der Waals surface area contributed by atoms with Crippen molar-refractivity contribution in [1.82, 2.24) is 5.01 Å². The van der Waals surface area contributed by atoms with Crippen molar-refractivity contribution < 1.29 is 28.0 Å². The van der Waals surface area contributed by atoms with Crippen LogP contribution in [0.1, 0.15) is 35.2 Å². The van der Waals surface area contributed by atoms with Gasteiger partial charge in [0.15, 0.2) is 0 Å². The molecule has 1 unspecified atom stereocenters. The highest BCUT2D eigenvalue weighted by Crippen LogP contribution is 2.45. The molecule has 0 saturated heterocycles. The summed E-state index contributed by atoms with van der Waals surface area (Å²) < 4.78 is 40.1. The van der Waals surface area contributed by atoms with Gasteiger partial charge in [0.1, 0.15) is 0 Å². The van der Waals surface area contributed by atoms with Gasteiger partial charge in [-0.05, 0) is 31.7 Å². The molecule has 1 heterocycles. The van der Waals surface area contributed by atoms with E-state index in [4.69, 9.17) is 0 Å². The number of nitrogens with zero attached hydrogens (tertiary/aromatic N) is 3. The van der Waals surface area contributed by atoms with Gasteiger partial charge in [-0.15, -0.1) is 0 Å². The van der Waals surface area contributed by atoms with Crippen molar-refractivity contribution in [2.24, 2.45) is 11.0 Å². The quantitative estimate of drug-likeness (QED) is 0.664. The van der Waals surface area contributed by atoms with Crippen LogP contribution in [0.5, 0.6) is 0 Å². The molecule has 1 N–H and O–H groups in total. The SMILES string of the molecule is Cc1ccc(C(=O)N2N=C(C3CC3)CC2(O)C(F)(F)F)cc1[N+](=O)[O-]. The molecule has 1 aliphatic heterocycles. The van der Waals surface area contributed by atoms with Crippen molar-refractivity contribution >= 4 is 17.3 Å². The highest BCUT2D eigenvalue weighted by molar-refractivity contribution is 5.99. The highest BCUT2D eigenvalue weighted by Gasteiger charge is 2.64. The molecule has 0 aromatic heterocycles. The highest BCUT2D eigenvalue weighted by atomic mass is 19.4. The minimum atomic E-state index is -5.11. The van der Waals surface area contributed by atoms with Crippen LogP contribution in [0.2, 0.25) is 0 Å². The van der Waals surface area contributed by atoms with Gasteiger partial charge in [-0.2, -0.15) is 23.3 Å². The Morgan fingerprint density at radius 3 is 2.60 bits per heavy atom. The molecule has 1 fully saturated rings. The molecule has 10 heteroatoms. The molecule has 1 saturated carbocycles. The first-order chi connectivity index (χ1) is 11.5. The number of benzene rings is 1. The normalized spacial score (nSPS) is 23.6. The molecule has 0 radical (unpaired) electrons. The number of nitro benzene ring substituents is 1. The van der Waals surface area contributed by atoms with Crippen molar-refractivity contribution in [1.29, 1.82) is 0 Å². The predicted molar refractivity (Wildman–Crippen MR) is 79.8 cm³/mol. The Labute approximate surface area is 139 Å². The maximum absolute atomic E-state index is 13.4. The van der Waals surface area contributed by atoms with E-state index in [2.05, 4.69) is 5.10 Å². The Morgan fingerprint density at radius 2 is 2.08 bits per heavy atom. The Bertz CT molecular complexity index is 789. The second-order valence-corrected chi connectivity index (χ2v) is 6.23. The zero-order chi connectivity index (χ0) is 18.6. The number of aliphatic hydroxyl groups is 1. The van der Waals surface area contributed by atoms with Crippen LogP contribution in [0.3, 0.4) is 0 Å². The number of nitro groups is 1. The average Bonchev–Trinajstić information content (AvgIpc) is 3.29. The lowest BCUT2D eigenvalue weighted by atomic mass is 10.0. The molecule has 3 rings (SSSR count). The fourth-order valence-electron chi connectivity index (χ4n) is 2.71. The standard InChI is InChI=1S/C15H14F3N3O4/c1-8-2-3-10(6-12(8)21(24)25)13(22)20-14(23,15(16,17)18)7-11(19-20)9-4-5-9/h2-3,6,9,23H,4-5,7H2,1H3. The Hall–Kier alpha value is -2.49. The predicted octanol–water partition coefficient (Wildman–Crippen LogP) is 2.77.